The van der Waals surface area contributed by atoms with Gasteiger partial charge in [-0.15, -0.1) is 0 Å². The normalized spacial score (nSPS) is 11.1. The van der Waals surface area contributed by atoms with Crippen LogP contribution in [0.15, 0.2) is 0 Å². The van der Waals surface area contributed by atoms with Gasteiger partial charge in [0.2, 0.25) is 0 Å². The highest BCUT2D eigenvalue weighted by atomic mass is 32.1. The first-order valence-corrected chi connectivity index (χ1v) is 11.0. The molecule has 148 valence electrons. The Kier molecular flexibility index (Phi) is 7.60. The van der Waals surface area contributed by atoms with Crippen molar-refractivity contribution in [3.05, 3.63) is 32.7 Å². The molecule has 0 atom stereocenters. The van der Waals surface area contributed by atoms with E-state index in [-0.39, 0.29) is 0 Å². The summed E-state index contributed by atoms with van der Waals surface area (Å²) in [7, 11) is 0. The Hall–Kier alpha value is -1.68. The van der Waals surface area contributed by atoms with Crippen LogP contribution < -0.4 is 4.90 Å². The zero-order valence-electron chi connectivity index (χ0n) is 18.0. The predicted molar refractivity (Wildman–Crippen MR) is 119 cm³/mol. The maximum atomic E-state index is 11.9. The molecular formula is C23H34N2OS. The van der Waals surface area contributed by atoms with Crippen molar-refractivity contribution in [1.29, 1.82) is 0 Å². The minimum absolute atomic E-state index is 0.747. The SMILES string of the molecule is CCCCN(CCCC)c1nc(-c2c(C)c(C)c(C)c(C)c2C)c(C=O)s1. The Morgan fingerprint density at radius 3 is 1.78 bits per heavy atom. The molecular weight excluding hydrogens is 352 g/mol. The van der Waals surface area contributed by atoms with Crippen molar-refractivity contribution in [3.8, 4) is 11.3 Å². The van der Waals surface area contributed by atoms with Crippen LogP contribution in [0.2, 0.25) is 0 Å². The van der Waals surface area contributed by atoms with Crippen LogP contribution in [0.5, 0.6) is 0 Å². The standard InChI is InChI=1S/C23H34N2OS/c1-8-10-12-25(13-11-9-2)23-24-22(20(14-26)27-23)21-18(6)16(4)15(3)17(5)19(21)7/h14H,8-13H2,1-7H3. The Bertz CT molecular complexity index is 770. The van der Waals surface area contributed by atoms with Crippen molar-refractivity contribution in [2.24, 2.45) is 0 Å². The second-order valence-corrected chi connectivity index (χ2v) is 8.53. The van der Waals surface area contributed by atoms with E-state index in [1.54, 1.807) is 11.3 Å². The van der Waals surface area contributed by atoms with Gasteiger partial charge in [-0.2, -0.15) is 0 Å². The Morgan fingerprint density at radius 1 is 0.852 bits per heavy atom. The highest BCUT2D eigenvalue weighted by Gasteiger charge is 2.22. The summed E-state index contributed by atoms with van der Waals surface area (Å²) < 4.78 is 0. The second kappa shape index (κ2) is 9.50. The molecule has 0 spiro atoms. The lowest BCUT2D eigenvalue weighted by Gasteiger charge is -2.21. The molecule has 1 aromatic heterocycles. The van der Waals surface area contributed by atoms with Crippen LogP contribution in [0, 0.1) is 34.6 Å². The van der Waals surface area contributed by atoms with Gasteiger partial charge in [-0.05, 0) is 75.3 Å². The van der Waals surface area contributed by atoms with Gasteiger partial charge in [-0.3, -0.25) is 4.79 Å². The predicted octanol–water partition coefficient (Wildman–Crippen LogP) is 6.57. The third-order valence-corrected chi connectivity index (χ3v) is 6.86. The third-order valence-electron chi connectivity index (χ3n) is 5.82. The molecule has 0 saturated heterocycles. The number of carbonyl (C=O) groups excluding carboxylic acids is 1. The molecule has 1 aromatic carbocycles. The summed E-state index contributed by atoms with van der Waals surface area (Å²) in [5, 5.41) is 0.990. The molecule has 0 aliphatic heterocycles. The Morgan fingerprint density at radius 2 is 1.33 bits per heavy atom. The smallest absolute Gasteiger partial charge is 0.186 e. The average Bonchev–Trinajstić information content (AvgIpc) is 3.09. The summed E-state index contributed by atoms with van der Waals surface area (Å²) in [5.41, 5.74) is 8.43. The lowest BCUT2D eigenvalue weighted by Crippen LogP contribution is -2.25. The third kappa shape index (κ3) is 4.43. The van der Waals surface area contributed by atoms with E-state index < -0.39 is 0 Å². The van der Waals surface area contributed by atoms with Gasteiger partial charge in [0.05, 0.1) is 10.6 Å². The second-order valence-electron chi connectivity index (χ2n) is 7.52. The molecule has 2 aromatic rings. The van der Waals surface area contributed by atoms with Gasteiger partial charge in [-0.1, -0.05) is 38.0 Å². The first-order chi connectivity index (χ1) is 12.9. The molecule has 0 unspecified atom stereocenters. The van der Waals surface area contributed by atoms with Crippen molar-refractivity contribution >= 4 is 22.8 Å². The van der Waals surface area contributed by atoms with Gasteiger partial charge in [0, 0.05) is 18.7 Å². The van der Waals surface area contributed by atoms with Crippen molar-refractivity contribution in [2.75, 3.05) is 18.0 Å². The molecule has 0 aliphatic carbocycles. The quantitative estimate of drug-likeness (QED) is 0.457. The van der Waals surface area contributed by atoms with Crippen LogP contribution in [-0.4, -0.2) is 24.4 Å². The fourth-order valence-electron chi connectivity index (χ4n) is 3.57. The van der Waals surface area contributed by atoms with Crippen LogP contribution in [0.25, 0.3) is 11.3 Å². The molecule has 0 amide bonds. The van der Waals surface area contributed by atoms with E-state index in [2.05, 4.69) is 53.4 Å². The van der Waals surface area contributed by atoms with Gasteiger partial charge in [0.25, 0.3) is 0 Å². The Labute approximate surface area is 168 Å². The van der Waals surface area contributed by atoms with Crippen LogP contribution in [-0.2, 0) is 0 Å². The summed E-state index contributed by atoms with van der Waals surface area (Å²) in [6.07, 6.45) is 5.61. The van der Waals surface area contributed by atoms with E-state index in [1.807, 2.05) is 0 Å². The number of unbranched alkanes of at least 4 members (excludes halogenated alkanes) is 2. The van der Waals surface area contributed by atoms with Crippen LogP contribution in [0.4, 0.5) is 5.13 Å². The number of anilines is 1. The van der Waals surface area contributed by atoms with Gasteiger partial charge in [0.15, 0.2) is 11.4 Å². The summed E-state index contributed by atoms with van der Waals surface area (Å²) in [5.74, 6) is 0. The van der Waals surface area contributed by atoms with Gasteiger partial charge in [-0.25, -0.2) is 4.98 Å². The maximum absolute atomic E-state index is 11.9. The number of hydrogen-bond acceptors (Lipinski definition) is 4. The number of hydrogen-bond donors (Lipinski definition) is 0. The number of benzene rings is 1. The number of aromatic nitrogens is 1. The summed E-state index contributed by atoms with van der Waals surface area (Å²) in [6.45, 7) is 17.3. The van der Waals surface area contributed by atoms with Crippen molar-refractivity contribution < 1.29 is 4.79 Å². The fourth-order valence-corrected chi connectivity index (χ4v) is 4.51. The molecule has 2 rings (SSSR count). The highest BCUT2D eigenvalue weighted by Crippen LogP contribution is 2.39. The van der Waals surface area contributed by atoms with Crippen molar-refractivity contribution in [3.63, 3.8) is 0 Å². The lowest BCUT2D eigenvalue weighted by atomic mass is 9.88. The van der Waals surface area contributed by atoms with Gasteiger partial charge < -0.3 is 4.90 Å². The van der Waals surface area contributed by atoms with Crippen molar-refractivity contribution in [2.45, 2.75) is 74.1 Å². The molecule has 27 heavy (non-hydrogen) atoms. The molecule has 4 heteroatoms. The van der Waals surface area contributed by atoms with Gasteiger partial charge in [0.1, 0.15) is 0 Å². The fraction of sp³-hybridized carbons (Fsp3) is 0.565. The lowest BCUT2D eigenvalue weighted by molar-refractivity contribution is 0.112. The largest absolute Gasteiger partial charge is 0.348 e. The number of thiazole rings is 1. The minimum Gasteiger partial charge on any atom is -0.348 e. The monoisotopic (exact) mass is 386 g/mol. The minimum atomic E-state index is 0.747. The molecule has 0 aliphatic rings. The van der Waals surface area contributed by atoms with E-state index >= 15 is 0 Å². The van der Waals surface area contributed by atoms with Gasteiger partial charge >= 0.3 is 0 Å². The average molecular weight is 387 g/mol. The molecule has 1 heterocycles. The highest BCUT2D eigenvalue weighted by molar-refractivity contribution is 7.17. The molecule has 0 bridgehead atoms. The number of rotatable bonds is 9. The molecule has 3 nitrogen and oxygen atoms in total. The number of carbonyl (C=O) groups is 1. The molecule has 0 radical (unpaired) electrons. The zero-order chi connectivity index (χ0) is 20.1. The summed E-state index contributed by atoms with van der Waals surface area (Å²) >= 11 is 1.54. The topological polar surface area (TPSA) is 33.2 Å². The number of nitrogens with zero attached hydrogens (tertiary/aromatic N) is 2. The van der Waals surface area contributed by atoms with Crippen LogP contribution in [0.3, 0.4) is 0 Å². The van der Waals surface area contributed by atoms with E-state index in [0.29, 0.717) is 0 Å². The zero-order valence-corrected chi connectivity index (χ0v) is 18.8. The van der Waals surface area contributed by atoms with E-state index in [1.165, 1.54) is 27.8 Å². The maximum Gasteiger partial charge on any atom is 0.186 e. The Balaban J connectivity index is 2.58. The molecule has 0 N–H and O–H groups in total. The number of aldehydes is 1. The van der Waals surface area contributed by atoms with Crippen LogP contribution >= 0.6 is 11.3 Å². The van der Waals surface area contributed by atoms with Crippen LogP contribution in [0.1, 0.15) is 77.0 Å². The van der Waals surface area contributed by atoms with E-state index in [4.69, 9.17) is 4.98 Å². The van der Waals surface area contributed by atoms with E-state index in [0.717, 1.165) is 66.3 Å². The molecule has 0 saturated carbocycles. The first-order valence-electron chi connectivity index (χ1n) is 10.2. The summed E-state index contributed by atoms with van der Waals surface area (Å²) in [4.78, 5) is 20.0. The summed E-state index contributed by atoms with van der Waals surface area (Å²) in [6, 6.07) is 0. The van der Waals surface area contributed by atoms with E-state index in [9.17, 15) is 4.79 Å². The first kappa shape index (κ1) is 21.6. The van der Waals surface area contributed by atoms with Crippen molar-refractivity contribution in [1.82, 2.24) is 4.98 Å². The molecule has 0 fully saturated rings.